The van der Waals surface area contributed by atoms with Crippen LogP contribution >= 0.6 is 0 Å². The zero-order valence-electron chi connectivity index (χ0n) is 6.17. The summed E-state index contributed by atoms with van der Waals surface area (Å²) in [7, 11) is 1.88. The van der Waals surface area contributed by atoms with Gasteiger partial charge >= 0.3 is 0 Å². The van der Waals surface area contributed by atoms with Gasteiger partial charge in [0.05, 0.1) is 12.7 Å². The first-order valence-corrected chi connectivity index (χ1v) is 3.48. The number of hydrogen-bond donors (Lipinski definition) is 1. The van der Waals surface area contributed by atoms with Crippen molar-refractivity contribution in [2.45, 2.75) is 18.4 Å². The summed E-state index contributed by atoms with van der Waals surface area (Å²) in [5, 5.41) is 17.3. The lowest BCUT2D eigenvalue weighted by atomic mass is 10.3. The van der Waals surface area contributed by atoms with E-state index in [1.807, 2.05) is 11.9 Å². The third-order valence-corrected chi connectivity index (χ3v) is 2.10. The van der Waals surface area contributed by atoms with Crippen molar-refractivity contribution in [1.29, 1.82) is 5.26 Å². The molecule has 0 heterocycles. The minimum atomic E-state index is -0.220. The normalized spacial score (nSPS) is 20.6. The maximum Gasteiger partial charge on any atom is 0.109 e. The van der Waals surface area contributed by atoms with Gasteiger partial charge in [0.25, 0.3) is 0 Å². The Morgan fingerprint density at radius 3 is 2.60 bits per heavy atom. The van der Waals surface area contributed by atoms with E-state index in [1.165, 1.54) is 0 Å². The highest BCUT2D eigenvalue weighted by Crippen LogP contribution is 2.39. The second kappa shape index (κ2) is 2.57. The number of nitrogens with zero attached hydrogens (tertiary/aromatic N) is 2. The fourth-order valence-corrected chi connectivity index (χ4v) is 1.06. The quantitative estimate of drug-likeness (QED) is 0.598. The summed E-state index contributed by atoms with van der Waals surface area (Å²) in [6.07, 6.45) is 1.92. The number of rotatable bonds is 3. The first-order chi connectivity index (χ1) is 4.75. The Morgan fingerprint density at radius 1 is 1.70 bits per heavy atom. The number of likely N-dealkylation sites (N-methyl/N-ethyl adjacent to an activating group) is 1. The van der Waals surface area contributed by atoms with Crippen LogP contribution in [-0.2, 0) is 0 Å². The van der Waals surface area contributed by atoms with Crippen molar-refractivity contribution in [3.8, 4) is 6.07 Å². The molecule has 0 aromatic rings. The van der Waals surface area contributed by atoms with Crippen LogP contribution in [0.3, 0.4) is 0 Å². The molecule has 3 heteroatoms. The van der Waals surface area contributed by atoms with Crippen LogP contribution in [0.25, 0.3) is 0 Å². The van der Waals surface area contributed by atoms with Crippen molar-refractivity contribution in [2.75, 3.05) is 20.2 Å². The summed E-state index contributed by atoms with van der Waals surface area (Å²) in [5.41, 5.74) is -0.220. The molecule has 0 unspecified atom stereocenters. The number of aliphatic hydroxyl groups excluding tert-OH is 1. The van der Waals surface area contributed by atoms with E-state index >= 15 is 0 Å². The fourth-order valence-electron chi connectivity index (χ4n) is 1.06. The Hall–Kier alpha value is -0.590. The molecule has 3 nitrogen and oxygen atoms in total. The molecule has 56 valence electrons. The second-order valence-electron chi connectivity index (χ2n) is 2.79. The van der Waals surface area contributed by atoms with Crippen LogP contribution in [0, 0.1) is 11.3 Å². The van der Waals surface area contributed by atoms with Crippen LogP contribution in [0.1, 0.15) is 12.8 Å². The fraction of sp³-hybridized carbons (Fsp3) is 0.857. The van der Waals surface area contributed by atoms with Crippen LogP contribution in [0.5, 0.6) is 0 Å². The van der Waals surface area contributed by atoms with Gasteiger partial charge in [-0.1, -0.05) is 0 Å². The van der Waals surface area contributed by atoms with E-state index in [1.54, 1.807) is 0 Å². The molecular formula is C7H12N2O. The maximum absolute atomic E-state index is 8.68. The van der Waals surface area contributed by atoms with E-state index in [0.29, 0.717) is 6.54 Å². The van der Waals surface area contributed by atoms with Crippen LogP contribution < -0.4 is 0 Å². The lowest BCUT2D eigenvalue weighted by Crippen LogP contribution is -2.34. The lowest BCUT2D eigenvalue weighted by molar-refractivity contribution is 0.193. The Balaban J connectivity index is 2.41. The Labute approximate surface area is 60.9 Å². The first kappa shape index (κ1) is 7.52. The Kier molecular flexibility index (Phi) is 1.93. The molecule has 0 bridgehead atoms. The minimum Gasteiger partial charge on any atom is -0.395 e. The van der Waals surface area contributed by atoms with Gasteiger partial charge in [-0.3, -0.25) is 4.90 Å². The van der Waals surface area contributed by atoms with Crippen molar-refractivity contribution in [3.63, 3.8) is 0 Å². The molecule has 1 fully saturated rings. The molecule has 0 saturated heterocycles. The second-order valence-corrected chi connectivity index (χ2v) is 2.79. The third kappa shape index (κ3) is 1.13. The molecule has 0 aliphatic heterocycles. The monoisotopic (exact) mass is 140 g/mol. The highest BCUT2D eigenvalue weighted by atomic mass is 16.3. The van der Waals surface area contributed by atoms with Crippen LogP contribution in [0.15, 0.2) is 0 Å². The number of β-amino-alcohol motifs (C(OH)–C–C–N with tert-alkyl or cyclic N) is 1. The zero-order chi connectivity index (χ0) is 7.61. The molecule has 1 N–H and O–H groups in total. The smallest absolute Gasteiger partial charge is 0.109 e. The van der Waals surface area contributed by atoms with Crippen molar-refractivity contribution in [1.82, 2.24) is 4.90 Å². The predicted octanol–water partition coefficient (Wildman–Crippen LogP) is -0.0333. The van der Waals surface area contributed by atoms with Crippen molar-refractivity contribution >= 4 is 0 Å². The van der Waals surface area contributed by atoms with Gasteiger partial charge in [-0.15, -0.1) is 0 Å². The van der Waals surface area contributed by atoms with Crippen molar-refractivity contribution in [3.05, 3.63) is 0 Å². The van der Waals surface area contributed by atoms with Crippen LogP contribution in [-0.4, -0.2) is 35.7 Å². The van der Waals surface area contributed by atoms with E-state index in [-0.39, 0.29) is 12.1 Å². The Morgan fingerprint density at radius 2 is 2.30 bits per heavy atom. The molecule has 0 aromatic heterocycles. The van der Waals surface area contributed by atoms with E-state index in [4.69, 9.17) is 10.4 Å². The SMILES string of the molecule is CN(CCO)C1(C#N)CC1. The van der Waals surface area contributed by atoms with Crippen molar-refractivity contribution < 1.29 is 5.11 Å². The van der Waals surface area contributed by atoms with Gasteiger partial charge in [-0.2, -0.15) is 5.26 Å². The van der Waals surface area contributed by atoms with E-state index in [0.717, 1.165) is 12.8 Å². The van der Waals surface area contributed by atoms with E-state index in [9.17, 15) is 0 Å². The topological polar surface area (TPSA) is 47.3 Å². The van der Waals surface area contributed by atoms with E-state index < -0.39 is 0 Å². The van der Waals surface area contributed by atoms with Gasteiger partial charge in [-0.25, -0.2) is 0 Å². The molecule has 0 atom stereocenters. The summed E-state index contributed by atoms with van der Waals surface area (Å²) in [6.45, 7) is 0.744. The zero-order valence-corrected chi connectivity index (χ0v) is 6.17. The highest BCUT2D eigenvalue weighted by Gasteiger charge is 2.46. The summed E-state index contributed by atoms with van der Waals surface area (Å²) < 4.78 is 0. The molecular weight excluding hydrogens is 128 g/mol. The number of nitriles is 1. The molecule has 0 aromatic carbocycles. The van der Waals surface area contributed by atoms with Gasteiger partial charge in [0.1, 0.15) is 5.54 Å². The average Bonchev–Trinajstić information content (AvgIpc) is 2.68. The average molecular weight is 140 g/mol. The molecule has 1 saturated carbocycles. The molecule has 0 spiro atoms. The highest BCUT2D eigenvalue weighted by molar-refractivity contribution is 5.18. The molecule has 1 aliphatic carbocycles. The van der Waals surface area contributed by atoms with Gasteiger partial charge in [-0.05, 0) is 19.9 Å². The summed E-state index contributed by atoms with van der Waals surface area (Å²) in [4.78, 5) is 1.92. The molecule has 1 aliphatic rings. The van der Waals surface area contributed by atoms with Crippen LogP contribution in [0.2, 0.25) is 0 Å². The predicted molar refractivity (Wildman–Crippen MR) is 37.3 cm³/mol. The van der Waals surface area contributed by atoms with Gasteiger partial charge < -0.3 is 5.11 Å². The summed E-state index contributed by atoms with van der Waals surface area (Å²) in [6, 6.07) is 2.25. The van der Waals surface area contributed by atoms with Gasteiger partial charge in [0.15, 0.2) is 0 Å². The summed E-state index contributed by atoms with van der Waals surface area (Å²) >= 11 is 0. The number of hydrogen-bond acceptors (Lipinski definition) is 3. The Bertz CT molecular complexity index is 157. The minimum absolute atomic E-state index is 0.139. The van der Waals surface area contributed by atoms with Gasteiger partial charge in [0, 0.05) is 6.54 Å². The first-order valence-electron chi connectivity index (χ1n) is 3.48. The summed E-state index contributed by atoms with van der Waals surface area (Å²) in [5.74, 6) is 0. The number of aliphatic hydroxyl groups is 1. The molecule has 1 rings (SSSR count). The molecule has 0 amide bonds. The van der Waals surface area contributed by atoms with Gasteiger partial charge in [0.2, 0.25) is 0 Å². The largest absolute Gasteiger partial charge is 0.395 e. The van der Waals surface area contributed by atoms with Crippen LogP contribution in [0.4, 0.5) is 0 Å². The molecule has 0 radical (unpaired) electrons. The van der Waals surface area contributed by atoms with E-state index in [2.05, 4.69) is 6.07 Å². The standard InChI is InChI=1S/C7H12N2O/c1-9(4-5-10)7(6-8)2-3-7/h10H,2-5H2,1H3. The lowest BCUT2D eigenvalue weighted by Gasteiger charge is -2.19. The maximum atomic E-state index is 8.68. The molecule has 10 heavy (non-hydrogen) atoms. The third-order valence-electron chi connectivity index (χ3n) is 2.10. The van der Waals surface area contributed by atoms with Crippen molar-refractivity contribution in [2.24, 2.45) is 0 Å².